The van der Waals surface area contributed by atoms with Crippen LogP contribution in [0.25, 0.3) is 0 Å². The molecule has 0 fully saturated rings. The smallest absolute Gasteiger partial charge is 0.147 e. The van der Waals surface area contributed by atoms with Crippen molar-refractivity contribution in [3.05, 3.63) is 38.8 Å². The molecule has 0 aliphatic heterocycles. The Kier molecular flexibility index (Phi) is 5.92. The summed E-state index contributed by atoms with van der Waals surface area (Å²) < 4.78 is 7.28. The van der Waals surface area contributed by atoms with Crippen molar-refractivity contribution < 1.29 is 4.74 Å². The third-order valence-electron chi connectivity index (χ3n) is 3.40. The van der Waals surface area contributed by atoms with E-state index < -0.39 is 0 Å². The molecule has 0 aromatic heterocycles. The van der Waals surface area contributed by atoms with Gasteiger partial charge in [-0.1, -0.05) is 12.2 Å². The van der Waals surface area contributed by atoms with Crippen LogP contribution in [-0.2, 0) is 6.54 Å². The summed E-state index contributed by atoms with van der Waals surface area (Å²) in [6.07, 6.45) is 8.33. The van der Waals surface area contributed by atoms with Gasteiger partial charge in [0.15, 0.2) is 0 Å². The van der Waals surface area contributed by atoms with Crippen LogP contribution in [0.2, 0.25) is 0 Å². The van der Waals surface area contributed by atoms with E-state index in [9.17, 15) is 0 Å². The summed E-state index contributed by atoms with van der Waals surface area (Å²) in [4.78, 5) is 0. The lowest BCUT2D eigenvalue weighted by Gasteiger charge is -2.18. The van der Waals surface area contributed by atoms with E-state index in [2.05, 4.69) is 61.5 Å². The van der Waals surface area contributed by atoms with Gasteiger partial charge in [-0.05, 0) is 81.3 Å². The van der Waals surface area contributed by atoms with Crippen molar-refractivity contribution in [3.8, 4) is 5.75 Å². The fourth-order valence-electron chi connectivity index (χ4n) is 2.37. The lowest BCUT2D eigenvalue weighted by molar-refractivity contribution is 0.409. The minimum absolute atomic E-state index is 0.787. The van der Waals surface area contributed by atoms with Crippen LogP contribution in [0.5, 0.6) is 5.75 Å². The molecule has 1 aromatic rings. The first-order valence-corrected chi connectivity index (χ1v) is 8.17. The molecule has 0 radical (unpaired) electrons. The number of allylic oxidation sites excluding steroid dienone is 2. The van der Waals surface area contributed by atoms with Crippen molar-refractivity contribution in [2.24, 2.45) is 5.92 Å². The zero-order valence-electron chi connectivity index (χ0n) is 11.1. The molecule has 104 valence electrons. The van der Waals surface area contributed by atoms with Gasteiger partial charge in [0.1, 0.15) is 5.75 Å². The van der Waals surface area contributed by atoms with E-state index in [1.807, 2.05) is 0 Å². The molecule has 19 heavy (non-hydrogen) atoms. The number of nitrogens with one attached hydrogen (secondary N) is 1. The second-order valence-electron chi connectivity index (χ2n) is 4.87. The molecule has 0 heterocycles. The number of hydrogen-bond donors (Lipinski definition) is 1. The largest absolute Gasteiger partial charge is 0.494 e. The maximum Gasteiger partial charge on any atom is 0.147 e. The van der Waals surface area contributed by atoms with Crippen molar-refractivity contribution in [3.63, 3.8) is 0 Å². The first kappa shape index (κ1) is 15.1. The minimum Gasteiger partial charge on any atom is -0.494 e. The molecular weight excluding hydrogens is 370 g/mol. The molecule has 2 rings (SSSR count). The van der Waals surface area contributed by atoms with E-state index in [4.69, 9.17) is 4.74 Å². The molecule has 4 heteroatoms. The average Bonchev–Trinajstić information content (AvgIpc) is 2.40. The summed E-state index contributed by atoms with van der Waals surface area (Å²) in [6.45, 7) is 1.98. The highest BCUT2D eigenvalue weighted by Crippen LogP contribution is 2.34. The van der Waals surface area contributed by atoms with Crippen LogP contribution in [0.4, 0.5) is 0 Å². The fraction of sp³-hybridized carbons (Fsp3) is 0.467. The van der Waals surface area contributed by atoms with Gasteiger partial charge in [-0.2, -0.15) is 0 Å². The maximum absolute atomic E-state index is 5.31. The number of methoxy groups -OCH3 is 1. The lowest BCUT2D eigenvalue weighted by Crippen LogP contribution is -2.23. The number of rotatable bonds is 5. The van der Waals surface area contributed by atoms with Gasteiger partial charge in [-0.3, -0.25) is 0 Å². The van der Waals surface area contributed by atoms with Gasteiger partial charge in [0.2, 0.25) is 0 Å². The lowest BCUT2D eigenvalue weighted by atomic mass is 9.94. The number of halogens is 2. The standard InChI is InChI=1S/C15H19Br2NO/c1-19-15-13(16)7-12(8-14(15)17)10-18-9-11-5-3-2-4-6-11/h2-3,7-8,11,18H,4-6,9-10H2,1H3. The van der Waals surface area contributed by atoms with Gasteiger partial charge < -0.3 is 10.1 Å². The molecule has 1 N–H and O–H groups in total. The molecule has 1 unspecified atom stereocenters. The van der Waals surface area contributed by atoms with Crippen LogP contribution in [-0.4, -0.2) is 13.7 Å². The SMILES string of the molecule is COc1c(Br)cc(CNCC2CC=CCC2)cc1Br. The van der Waals surface area contributed by atoms with Crippen LogP contribution in [0, 0.1) is 5.92 Å². The Morgan fingerprint density at radius 1 is 1.26 bits per heavy atom. The van der Waals surface area contributed by atoms with Gasteiger partial charge in [0.05, 0.1) is 16.1 Å². The summed E-state index contributed by atoms with van der Waals surface area (Å²) in [5, 5.41) is 3.55. The van der Waals surface area contributed by atoms with E-state index >= 15 is 0 Å². The molecule has 2 nitrogen and oxygen atoms in total. The molecule has 1 atom stereocenters. The second kappa shape index (κ2) is 7.46. The Morgan fingerprint density at radius 2 is 2.00 bits per heavy atom. The van der Waals surface area contributed by atoms with E-state index in [0.29, 0.717) is 0 Å². The van der Waals surface area contributed by atoms with Crippen molar-refractivity contribution in [1.29, 1.82) is 0 Å². The third kappa shape index (κ3) is 4.33. The van der Waals surface area contributed by atoms with E-state index in [-0.39, 0.29) is 0 Å². The Bertz CT molecular complexity index is 436. The average molecular weight is 389 g/mol. The number of ether oxygens (including phenoxy) is 1. The Morgan fingerprint density at radius 3 is 2.58 bits per heavy atom. The van der Waals surface area contributed by atoms with Crippen molar-refractivity contribution in [1.82, 2.24) is 5.32 Å². The van der Waals surface area contributed by atoms with Crippen LogP contribution in [0.3, 0.4) is 0 Å². The topological polar surface area (TPSA) is 21.3 Å². The zero-order chi connectivity index (χ0) is 13.7. The molecule has 1 aliphatic carbocycles. The first-order valence-electron chi connectivity index (χ1n) is 6.58. The summed E-state index contributed by atoms with van der Waals surface area (Å²) >= 11 is 7.07. The summed E-state index contributed by atoms with van der Waals surface area (Å²) in [5.41, 5.74) is 1.26. The second-order valence-corrected chi connectivity index (χ2v) is 6.58. The minimum atomic E-state index is 0.787. The van der Waals surface area contributed by atoms with E-state index in [0.717, 1.165) is 33.7 Å². The van der Waals surface area contributed by atoms with E-state index in [1.165, 1.54) is 24.8 Å². The highest BCUT2D eigenvalue weighted by Gasteiger charge is 2.10. The molecule has 0 saturated heterocycles. The van der Waals surface area contributed by atoms with Crippen LogP contribution >= 0.6 is 31.9 Å². The van der Waals surface area contributed by atoms with Crippen LogP contribution < -0.4 is 10.1 Å². The van der Waals surface area contributed by atoms with Crippen molar-refractivity contribution >= 4 is 31.9 Å². The summed E-state index contributed by atoms with van der Waals surface area (Å²) in [5.74, 6) is 1.64. The number of benzene rings is 1. The Labute approximate surface area is 131 Å². The molecule has 0 spiro atoms. The van der Waals surface area contributed by atoms with Gasteiger partial charge in [-0.25, -0.2) is 0 Å². The molecule has 0 saturated carbocycles. The van der Waals surface area contributed by atoms with Crippen LogP contribution in [0.15, 0.2) is 33.2 Å². The van der Waals surface area contributed by atoms with Gasteiger partial charge in [0, 0.05) is 6.54 Å². The van der Waals surface area contributed by atoms with Crippen molar-refractivity contribution in [2.45, 2.75) is 25.8 Å². The molecular formula is C15H19Br2NO. The quantitative estimate of drug-likeness (QED) is 0.740. The third-order valence-corrected chi connectivity index (χ3v) is 4.58. The molecule has 0 amide bonds. The van der Waals surface area contributed by atoms with E-state index in [1.54, 1.807) is 7.11 Å². The van der Waals surface area contributed by atoms with Crippen molar-refractivity contribution in [2.75, 3.05) is 13.7 Å². The van der Waals surface area contributed by atoms with Gasteiger partial charge in [0.25, 0.3) is 0 Å². The highest BCUT2D eigenvalue weighted by atomic mass is 79.9. The molecule has 1 aliphatic rings. The predicted molar refractivity (Wildman–Crippen MR) is 86.6 cm³/mol. The van der Waals surface area contributed by atoms with Gasteiger partial charge >= 0.3 is 0 Å². The predicted octanol–water partition coefficient (Wildman–Crippen LogP) is 4.67. The Balaban J connectivity index is 1.87. The fourth-order valence-corrected chi connectivity index (χ4v) is 3.98. The normalized spacial score (nSPS) is 18.6. The zero-order valence-corrected chi connectivity index (χ0v) is 14.3. The summed E-state index contributed by atoms with van der Waals surface area (Å²) in [7, 11) is 1.68. The van der Waals surface area contributed by atoms with Gasteiger partial charge in [-0.15, -0.1) is 0 Å². The molecule has 1 aromatic carbocycles. The Hall–Kier alpha value is -0.320. The maximum atomic E-state index is 5.31. The first-order chi connectivity index (χ1) is 9.20. The summed E-state index contributed by atoms with van der Waals surface area (Å²) in [6, 6.07) is 4.22. The molecule has 0 bridgehead atoms. The number of hydrogen-bond acceptors (Lipinski definition) is 2. The van der Waals surface area contributed by atoms with Crippen LogP contribution in [0.1, 0.15) is 24.8 Å². The highest BCUT2D eigenvalue weighted by molar-refractivity contribution is 9.11. The monoisotopic (exact) mass is 387 g/mol.